The van der Waals surface area contributed by atoms with E-state index in [0.717, 1.165) is 6.42 Å². The Kier molecular flexibility index (Phi) is 6.36. The van der Waals surface area contributed by atoms with Gasteiger partial charge in [0.2, 0.25) is 5.91 Å². The Labute approximate surface area is 124 Å². The van der Waals surface area contributed by atoms with Crippen molar-refractivity contribution in [3.8, 4) is 0 Å². The second-order valence-electron chi connectivity index (χ2n) is 5.26. The molecule has 2 N–H and O–H groups in total. The van der Waals surface area contributed by atoms with Crippen molar-refractivity contribution in [2.24, 2.45) is 7.05 Å². The molecule has 1 aromatic heterocycles. The molecule has 0 aliphatic rings. The second kappa shape index (κ2) is 7.78. The highest BCUT2D eigenvalue weighted by Gasteiger charge is 2.24. The standard InChI is InChI=1S/C14H24N4O3/c1-5-6-12(14(21)17(3)9-10(2)19)15-13(20)11-7-8-18(4)16-11/h7-8,10,12,19H,5-6,9H2,1-4H3,(H,15,20). The molecule has 2 amide bonds. The summed E-state index contributed by atoms with van der Waals surface area (Å²) in [5, 5.41) is 16.1. The Morgan fingerprint density at radius 2 is 2.19 bits per heavy atom. The number of hydrogen-bond acceptors (Lipinski definition) is 4. The zero-order valence-electron chi connectivity index (χ0n) is 13.0. The lowest BCUT2D eigenvalue weighted by Gasteiger charge is -2.25. The largest absolute Gasteiger partial charge is 0.392 e. The molecule has 1 heterocycles. The molecule has 0 bridgehead atoms. The maximum Gasteiger partial charge on any atom is 0.272 e. The molecule has 7 heteroatoms. The average molecular weight is 296 g/mol. The van der Waals surface area contributed by atoms with Crippen LogP contribution < -0.4 is 5.32 Å². The number of aryl methyl sites for hydroxylation is 1. The molecule has 118 valence electrons. The number of amides is 2. The molecule has 0 saturated carbocycles. The fourth-order valence-electron chi connectivity index (χ4n) is 2.07. The van der Waals surface area contributed by atoms with Crippen LogP contribution in [0.3, 0.4) is 0 Å². The van der Waals surface area contributed by atoms with Crippen molar-refractivity contribution in [2.45, 2.75) is 38.8 Å². The van der Waals surface area contributed by atoms with Gasteiger partial charge in [-0.05, 0) is 19.4 Å². The summed E-state index contributed by atoms with van der Waals surface area (Å²) < 4.78 is 1.53. The van der Waals surface area contributed by atoms with Gasteiger partial charge in [-0.25, -0.2) is 0 Å². The van der Waals surface area contributed by atoms with Crippen LogP contribution in [0.15, 0.2) is 12.3 Å². The number of aliphatic hydroxyl groups excluding tert-OH is 1. The minimum Gasteiger partial charge on any atom is -0.392 e. The van der Waals surface area contributed by atoms with Crippen LogP contribution in [0.25, 0.3) is 0 Å². The molecule has 0 spiro atoms. The van der Waals surface area contributed by atoms with Gasteiger partial charge in [0.1, 0.15) is 11.7 Å². The summed E-state index contributed by atoms with van der Waals surface area (Å²) in [6, 6.07) is 0.996. The van der Waals surface area contributed by atoms with Crippen molar-refractivity contribution in [3.63, 3.8) is 0 Å². The van der Waals surface area contributed by atoms with Crippen molar-refractivity contribution in [3.05, 3.63) is 18.0 Å². The van der Waals surface area contributed by atoms with E-state index in [-0.39, 0.29) is 24.1 Å². The van der Waals surface area contributed by atoms with E-state index in [2.05, 4.69) is 10.4 Å². The van der Waals surface area contributed by atoms with Crippen LogP contribution in [-0.4, -0.2) is 57.3 Å². The molecule has 0 aliphatic heterocycles. The minimum absolute atomic E-state index is 0.206. The summed E-state index contributed by atoms with van der Waals surface area (Å²) in [6.45, 7) is 3.80. The topological polar surface area (TPSA) is 87.5 Å². The van der Waals surface area contributed by atoms with Gasteiger partial charge in [0, 0.05) is 26.8 Å². The van der Waals surface area contributed by atoms with Crippen molar-refractivity contribution in [1.29, 1.82) is 0 Å². The van der Waals surface area contributed by atoms with Crippen LogP contribution >= 0.6 is 0 Å². The molecule has 0 aromatic carbocycles. The zero-order chi connectivity index (χ0) is 16.0. The van der Waals surface area contributed by atoms with Gasteiger partial charge in [0.05, 0.1) is 6.10 Å². The molecule has 0 saturated heterocycles. The molecule has 0 fully saturated rings. The van der Waals surface area contributed by atoms with E-state index in [0.29, 0.717) is 6.42 Å². The first-order chi connectivity index (χ1) is 9.85. The van der Waals surface area contributed by atoms with Gasteiger partial charge in [-0.2, -0.15) is 5.10 Å². The molecule has 0 aliphatic carbocycles. The summed E-state index contributed by atoms with van der Waals surface area (Å²) >= 11 is 0. The van der Waals surface area contributed by atoms with E-state index in [4.69, 9.17) is 0 Å². The minimum atomic E-state index is -0.604. The SMILES string of the molecule is CCCC(NC(=O)c1ccn(C)n1)C(=O)N(C)CC(C)O. The Bertz CT molecular complexity index is 484. The van der Waals surface area contributed by atoms with Crippen molar-refractivity contribution in [2.75, 3.05) is 13.6 Å². The average Bonchev–Trinajstić information content (AvgIpc) is 2.83. The van der Waals surface area contributed by atoms with Gasteiger partial charge in [0.25, 0.3) is 5.91 Å². The number of rotatable bonds is 7. The lowest BCUT2D eigenvalue weighted by Crippen LogP contribution is -2.48. The fraction of sp³-hybridized carbons (Fsp3) is 0.643. The highest BCUT2D eigenvalue weighted by Crippen LogP contribution is 2.04. The van der Waals surface area contributed by atoms with Crippen LogP contribution in [0, 0.1) is 0 Å². The lowest BCUT2D eigenvalue weighted by atomic mass is 10.1. The van der Waals surface area contributed by atoms with Crippen molar-refractivity contribution < 1.29 is 14.7 Å². The van der Waals surface area contributed by atoms with Gasteiger partial charge >= 0.3 is 0 Å². The van der Waals surface area contributed by atoms with E-state index in [1.807, 2.05) is 6.92 Å². The maximum absolute atomic E-state index is 12.3. The summed E-state index contributed by atoms with van der Waals surface area (Å²) in [5.74, 6) is -0.574. The predicted molar refractivity (Wildman–Crippen MR) is 78.7 cm³/mol. The highest BCUT2D eigenvalue weighted by atomic mass is 16.3. The first-order valence-electron chi connectivity index (χ1n) is 7.08. The number of aliphatic hydroxyl groups is 1. The van der Waals surface area contributed by atoms with Crippen molar-refractivity contribution in [1.82, 2.24) is 20.0 Å². The molecular weight excluding hydrogens is 272 g/mol. The summed E-state index contributed by atoms with van der Waals surface area (Å²) in [6.07, 6.45) is 2.38. The normalized spacial score (nSPS) is 13.6. The molecule has 2 atom stereocenters. The van der Waals surface area contributed by atoms with Gasteiger partial charge in [-0.15, -0.1) is 0 Å². The summed E-state index contributed by atoms with van der Waals surface area (Å²) in [4.78, 5) is 25.8. The van der Waals surface area contributed by atoms with Crippen LogP contribution in [0.1, 0.15) is 37.2 Å². The van der Waals surface area contributed by atoms with Gasteiger partial charge < -0.3 is 15.3 Å². The number of nitrogens with one attached hydrogen (secondary N) is 1. The number of likely N-dealkylation sites (N-methyl/N-ethyl adjacent to an activating group) is 1. The number of hydrogen-bond donors (Lipinski definition) is 2. The first kappa shape index (κ1) is 17.2. The van der Waals surface area contributed by atoms with E-state index < -0.39 is 12.1 Å². The fourth-order valence-corrected chi connectivity index (χ4v) is 2.07. The summed E-state index contributed by atoms with van der Waals surface area (Å²) in [5.41, 5.74) is 0.282. The molecule has 1 aromatic rings. The highest BCUT2D eigenvalue weighted by molar-refractivity contribution is 5.96. The Balaban J connectivity index is 2.72. The third-order valence-corrected chi connectivity index (χ3v) is 3.04. The molecule has 7 nitrogen and oxygen atoms in total. The third-order valence-electron chi connectivity index (χ3n) is 3.04. The molecule has 0 radical (unpaired) electrons. The van der Waals surface area contributed by atoms with Crippen LogP contribution in [0.5, 0.6) is 0 Å². The lowest BCUT2D eigenvalue weighted by molar-refractivity contribution is -0.133. The Hall–Kier alpha value is -1.89. The molecular formula is C14H24N4O3. The van der Waals surface area contributed by atoms with Crippen LogP contribution in [-0.2, 0) is 11.8 Å². The smallest absolute Gasteiger partial charge is 0.272 e. The van der Waals surface area contributed by atoms with Gasteiger partial charge in [0.15, 0.2) is 0 Å². The second-order valence-corrected chi connectivity index (χ2v) is 5.26. The number of nitrogens with zero attached hydrogens (tertiary/aromatic N) is 3. The third kappa shape index (κ3) is 5.18. The molecule has 2 unspecified atom stereocenters. The summed E-state index contributed by atoms with van der Waals surface area (Å²) in [7, 11) is 3.34. The first-order valence-corrected chi connectivity index (χ1v) is 7.08. The van der Waals surface area contributed by atoms with Crippen LogP contribution in [0.2, 0.25) is 0 Å². The number of carbonyl (C=O) groups is 2. The van der Waals surface area contributed by atoms with Crippen molar-refractivity contribution >= 4 is 11.8 Å². The quantitative estimate of drug-likeness (QED) is 0.750. The van der Waals surface area contributed by atoms with E-state index in [9.17, 15) is 14.7 Å². The van der Waals surface area contributed by atoms with Crippen LogP contribution in [0.4, 0.5) is 0 Å². The zero-order valence-corrected chi connectivity index (χ0v) is 13.0. The number of aromatic nitrogens is 2. The maximum atomic E-state index is 12.3. The predicted octanol–water partition coefficient (Wildman–Crippen LogP) is 0.158. The van der Waals surface area contributed by atoms with E-state index in [1.54, 1.807) is 33.3 Å². The number of carbonyl (C=O) groups excluding carboxylic acids is 2. The molecule has 1 rings (SSSR count). The Morgan fingerprint density at radius 3 is 2.67 bits per heavy atom. The van der Waals surface area contributed by atoms with E-state index in [1.165, 1.54) is 9.58 Å². The van der Waals surface area contributed by atoms with Gasteiger partial charge in [-0.3, -0.25) is 14.3 Å². The molecule has 21 heavy (non-hydrogen) atoms. The van der Waals surface area contributed by atoms with E-state index >= 15 is 0 Å². The Morgan fingerprint density at radius 1 is 1.52 bits per heavy atom. The van der Waals surface area contributed by atoms with Gasteiger partial charge in [-0.1, -0.05) is 13.3 Å². The monoisotopic (exact) mass is 296 g/mol.